The monoisotopic (exact) mass is 389 g/mol. The summed E-state index contributed by atoms with van der Waals surface area (Å²) in [5.74, 6) is -3.07. The van der Waals surface area contributed by atoms with Gasteiger partial charge in [-0.3, -0.25) is 9.48 Å². The Morgan fingerprint density at radius 3 is 2.61 bits per heavy atom. The standard InChI is InChI=1S/C18H21F2N7O/c1-25-8-11(7-22-25)23-17-21-5-4-15(24-17)26-9-12-2-3-13(10-26)27(12)16(28)14-6-18(14,19)20/h4-5,7-8,12-14H,2-3,6,9-10H2,1H3,(H,21,23,24)/t12-,13?,14?/m0/s1. The van der Waals surface area contributed by atoms with Crippen molar-refractivity contribution in [3.8, 4) is 0 Å². The third kappa shape index (κ3) is 2.96. The van der Waals surface area contributed by atoms with Gasteiger partial charge in [-0.05, 0) is 18.9 Å². The first-order chi connectivity index (χ1) is 13.4. The van der Waals surface area contributed by atoms with Crippen LogP contribution in [0, 0.1) is 5.92 Å². The minimum absolute atomic E-state index is 0.0349. The van der Waals surface area contributed by atoms with Gasteiger partial charge >= 0.3 is 0 Å². The highest BCUT2D eigenvalue weighted by molar-refractivity contribution is 5.84. The summed E-state index contributed by atoms with van der Waals surface area (Å²) in [6.07, 6.45) is 6.59. The van der Waals surface area contributed by atoms with E-state index in [1.54, 1.807) is 22.0 Å². The molecule has 2 aromatic heterocycles. The van der Waals surface area contributed by atoms with Gasteiger partial charge in [-0.2, -0.15) is 10.1 Å². The average molecular weight is 389 g/mol. The maximum absolute atomic E-state index is 13.4. The number of nitrogens with one attached hydrogen (secondary N) is 1. The molecule has 8 nitrogen and oxygen atoms in total. The van der Waals surface area contributed by atoms with E-state index in [1.807, 2.05) is 19.3 Å². The van der Waals surface area contributed by atoms with Gasteiger partial charge in [0.15, 0.2) is 0 Å². The second-order valence-corrected chi connectivity index (χ2v) is 7.82. The van der Waals surface area contributed by atoms with Crippen molar-refractivity contribution in [1.29, 1.82) is 0 Å². The predicted octanol–water partition coefficient (Wildman–Crippen LogP) is 1.79. The van der Waals surface area contributed by atoms with Crippen LogP contribution in [0.5, 0.6) is 0 Å². The number of amides is 1. The Morgan fingerprint density at radius 2 is 2.00 bits per heavy atom. The Balaban J connectivity index is 1.30. The van der Waals surface area contributed by atoms with Gasteiger partial charge in [0.05, 0.1) is 11.9 Å². The number of nitrogens with zero attached hydrogens (tertiary/aromatic N) is 6. The van der Waals surface area contributed by atoms with Crippen molar-refractivity contribution in [3.63, 3.8) is 0 Å². The van der Waals surface area contributed by atoms with Crippen LogP contribution >= 0.6 is 0 Å². The van der Waals surface area contributed by atoms with Crippen LogP contribution in [-0.2, 0) is 11.8 Å². The molecule has 148 valence electrons. The lowest BCUT2D eigenvalue weighted by Crippen LogP contribution is -2.56. The van der Waals surface area contributed by atoms with Gasteiger partial charge in [0.2, 0.25) is 11.9 Å². The summed E-state index contributed by atoms with van der Waals surface area (Å²) in [5.41, 5.74) is 0.792. The highest BCUT2D eigenvalue weighted by atomic mass is 19.3. The van der Waals surface area contributed by atoms with E-state index < -0.39 is 11.8 Å². The van der Waals surface area contributed by atoms with Crippen LogP contribution in [0.25, 0.3) is 0 Å². The van der Waals surface area contributed by atoms with E-state index in [1.165, 1.54) is 0 Å². The molecule has 0 radical (unpaired) electrons. The fourth-order valence-electron chi connectivity index (χ4n) is 4.31. The quantitative estimate of drug-likeness (QED) is 0.859. The van der Waals surface area contributed by atoms with Gasteiger partial charge in [-0.15, -0.1) is 0 Å². The Labute approximate surface area is 160 Å². The van der Waals surface area contributed by atoms with Gasteiger partial charge in [0.1, 0.15) is 11.7 Å². The van der Waals surface area contributed by atoms with Crippen molar-refractivity contribution < 1.29 is 13.6 Å². The number of halogens is 2. The molecule has 3 aliphatic rings. The van der Waals surface area contributed by atoms with Crippen LogP contribution in [0.2, 0.25) is 0 Å². The van der Waals surface area contributed by atoms with Crippen LogP contribution in [0.1, 0.15) is 19.3 Å². The van der Waals surface area contributed by atoms with E-state index in [4.69, 9.17) is 0 Å². The fourth-order valence-corrected chi connectivity index (χ4v) is 4.31. The van der Waals surface area contributed by atoms with E-state index in [9.17, 15) is 13.6 Å². The topological polar surface area (TPSA) is 79.2 Å². The number of carbonyl (C=O) groups excluding carboxylic acids is 1. The molecule has 1 saturated carbocycles. The fraction of sp³-hybridized carbons (Fsp3) is 0.556. The van der Waals surface area contributed by atoms with Crippen molar-refractivity contribution >= 4 is 23.4 Å². The Kier molecular flexibility index (Phi) is 3.78. The first-order valence-electron chi connectivity index (χ1n) is 9.44. The molecule has 4 heterocycles. The summed E-state index contributed by atoms with van der Waals surface area (Å²) in [7, 11) is 1.83. The summed E-state index contributed by atoms with van der Waals surface area (Å²) in [4.78, 5) is 25.2. The zero-order valence-corrected chi connectivity index (χ0v) is 15.4. The number of alkyl halides is 2. The summed E-state index contributed by atoms with van der Waals surface area (Å²) < 4.78 is 28.4. The Morgan fingerprint density at radius 1 is 1.29 bits per heavy atom. The minimum atomic E-state index is -2.81. The van der Waals surface area contributed by atoms with Gasteiger partial charge < -0.3 is 15.1 Å². The van der Waals surface area contributed by atoms with E-state index in [-0.39, 0.29) is 24.4 Å². The van der Waals surface area contributed by atoms with Crippen molar-refractivity contribution in [2.24, 2.45) is 13.0 Å². The number of aryl methyl sites for hydroxylation is 1. The average Bonchev–Trinajstić information content (AvgIpc) is 2.96. The van der Waals surface area contributed by atoms with Gasteiger partial charge in [0.25, 0.3) is 5.92 Å². The Hall–Kier alpha value is -2.78. The van der Waals surface area contributed by atoms with Crippen molar-refractivity contribution in [2.45, 2.75) is 37.3 Å². The molecule has 2 saturated heterocycles. The van der Waals surface area contributed by atoms with Crippen molar-refractivity contribution in [2.75, 3.05) is 23.3 Å². The maximum Gasteiger partial charge on any atom is 0.260 e. The first kappa shape index (κ1) is 17.3. The molecule has 2 bridgehead atoms. The smallest absolute Gasteiger partial charge is 0.260 e. The van der Waals surface area contributed by atoms with Crippen molar-refractivity contribution in [1.82, 2.24) is 24.6 Å². The molecule has 1 N–H and O–H groups in total. The molecule has 1 amide bonds. The van der Waals surface area contributed by atoms with E-state index >= 15 is 0 Å². The molecule has 0 spiro atoms. The second-order valence-electron chi connectivity index (χ2n) is 7.82. The molecule has 2 aromatic rings. The molecule has 2 unspecified atom stereocenters. The largest absolute Gasteiger partial charge is 0.352 e. The number of piperazine rings is 1. The van der Waals surface area contributed by atoms with E-state index in [2.05, 4.69) is 25.3 Å². The SMILES string of the molecule is Cn1cc(Nc2nccc(N3CC4CC[C@@H](C3)N4C(=O)C3CC3(F)F)n2)cn1. The van der Waals surface area contributed by atoms with E-state index in [0.717, 1.165) is 24.3 Å². The van der Waals surface area contributed by atoms with Crippen LogP contribution < -0.4 is 10.2 Å². The maximum atomic E-state index is 13.4. The summed E-state index contributed by atoms with van der Waals surface area (Å²) in [6.45, 7) is 1.20. The van der Waals surface area contributed by atoms with Gasteiger partial charge in [-0.25, -0.2) is 13.8 Å². The highest BCUT2D eigenvalue weighted by Crippen LogP contribution is 2.51. The number of aromatic nitrogens is 4. The van der Waals surface area contributed by atoms with Crippen LogP contribution in [-0.4, -0.2) is 61.7 Å². The number of hydrogen-bond acceptors (Lipinski definition) is 6. The van der Waals surface area contributed by atoms with Crippen LogP contribution in [0.15, 0.2) is 24.7 Å². The Bertz CT molecular complexity index is 903. The van der Waals surface area contributed by atoms with Crippen LogP contribution in [0.3, 0.4) is 0 Å². The molecule has 1 aliphatic carbocycles. The predicted molar refractivity (Wildman–Crippen MR) is 97.4 cm³/mol. The normalized spacial score (nSPS) is 27.8. The lowest BCUT2D eigenvalue weighted by molar-refractivity contribution is -0.138. The molecule has 2 aliphatic heterocycles. The lowest BCUT2D eigenvalue weighted by Gasteiger charge is -2.41. The number of fused-ring (bicyclic) bond motifs is 2. The van der Waals surface area contributed by atoms with Gasteiger partial charge in [-0.1, -0.05) is 0 Å². The summed E-state index contributed by atoms with van der Waals surface area (Å²) in [5, 5.41) is 7.23. The van der Waals surface area contributed by atoms with Crippen LogP contribution in [0.4, 0.5) is 26.2 Å². The third-order valence-electron chi connectivity index (χ3n) is 5.79. The summed E-state index contributed by atoms with van der Waals surface area (Å²) >= 11 is 0. The number of hydrogen-bond donors (Lipinski definition) is 1. The number of carbonyl (C=O) groups is 1. The molecule has 3 fully saturated rings. The zero-order valence-electron chi connectivity index (χ0n) is 15.4. The molecule has 3 atom stereocenters. The lowest BCUT2D eigenvalue weighted by atomic mass is 10.1. The number of rotatable bonds is 4. The highest BCUT2D eigenvalue weighted by Gasteiger charge is 2.64. The van der Waals surface area contributed by atoms with Crippen molar-refractivity contribution in [3.05, 3.63) is 24.7 Å². The number of anilines is 3. The second kappa shape index (κ2) is 6.11. The van der Waals surface area contributed by atoms with E-state index in [0.29, 0.717) is 19.0 Å². The minimum Gasteiger partial charge on any atom is -0.352 e. The molecule has 28 heavy (non-hydrogen) atoms. The molecule has 10 heteroatoms. The zero-order chi connectivity index (χ0) is 19.5. The molecular weight excluding hydrogens is 368 g/mol. The summed E-state index contributed by atoms with van der Waals surface area (Å²) in [6, 6.07) is 1.76. The third-order valence-corrected chi connectivity index (χ3v) is 5.79. The van der Waals surface area contributed by atoms with Gasteiger partial charge in [0, 0.05) is 51.0 Å². The molecule has 5 rings (SSSR count). The molecule has 0 aromatic carbocycles. The molecular formula is C18H21F2N7O. The first-order valence-corrected chi connectivity index (χ1v) is 9.44.